The summed E-state index contributed by atoms with van der Waals surface area (Å²) in [5.41, 5.74) is 0. The summed E-state index contributed by atoms with van der Waals surface area (Å²) in [7, 11) is 0. The van der Waals surface area contributed by atoms with Crippen molar-refractivity contribution in [3.63, 3.8) is 0 Å². The number of aliphatic carboxylic acids is 1. The first-order valence-corrected chi connectivity index (χ1v) is 5.14. The Morgan fingerprint density at radius 1 is 1.40 bits per heavy atom. The molecule has 0 aromatic heterocycles. The zero-order valence-electron chi connectivity index (χ0n) is 9.23. The topological polar surface area (TPSA) is 63.6 Å². The lowest BCUT2D eigenvalue weighted by Gasteiger charge is -2.10. The third-order valence-electron chi connectivity index (χ3n) is 1.83. The highest BCUT2D eigenvalue weighted by atomic mass is 16.5. The van der Waals surface area contributed by atoms with Crippen molar-refractivity contribution in [2.45, 2.75) is 33.1 Å². The third-order valence-corrected chi connectivity index (χ3v) is 1.83. The fourth-order valence-electron chi connectivity index (χ4n) is 1.04. The molecule has 0 saturated carbocycles. The minimum Gasteiger partial charge on any atom is -0.481 e. The minimum atomic E-state index is -0.881. The van der Waals surface area contributed by atoms with Crippen LogP contribution in [-0.2, 0) is 14.3 Å². The lowest BCUT2D eigenvalue weighted by molar-refractivity contribution is -0.146. The lowest BCUT2D eigenvalue weighted by Crippen LogP contribution is -2.15. The minimum absolute atomic E-state index is 0.00645. The van der Waals surface area contributed by atoms with Gasteiger partial charge in [-0.3, -0.25) is 9.59 Å². The average molecular weight is 214 g/mol. The molecule has 0 rings (SSSR count). The molecule has 15 heavy (non-hydrogen) atoms. The Labute approximate surface area is 89.9 Å². The average Bonchev–Trinajstić information content (AvgIpc) is 2.20. The molecule has 1 atom stereocenters. The highest BCUT2D eigenvalue weighted by Gasteiger charge is 2.11. The van der Waals surface area contributed by atoms with Crippen molar-refractivity contribution in [2.75, 3.05) is 6.61 Å². The Balaban J connectivity index is 4.06. The summed E-state index contributed by atoms with van der Waals surface area (Å²) in [5.74, 6) is -1.40. The molecule has 0 aliphatic rings. The molecule has 86 valence electrons. The molecule has 4 nitrogen and oxygen atoms in total. The van der Waals surface area contributed by atoms with Gasteiger partial charge >= 0.3 is 11.9 Å². The summed E-state index contributed by atoms with van der Waals surface area (Å²) in [4.78, 5) is 21.4. The van der Waals surface area contributed by atoms with Gasteiger partial charge in [-0.15, -0.1) is 0 Å². The summed E-state index contributed by atoms with van der Waals surface area (Å²) in [6.07, 6.45) is 4.83. The molecule has 0 radical (unpaired) electrons. The smallest absolute Gasteiger partial charge is 0.305 e. The maximum atomic E-state index is 10.9. The van der Waals surface area contributed by atoms with Crippen LogP contribution in [0.5, 0.6) is 0 Å². The van der Waals surface area contributed by atoms with Crippen LogP contribution in [0.15, 0.2) is 12.2 Å². The van der Waals surface area contributed by atoms with E-state index < -0.39 is 5.97 Å². The zero-order chi connectivity index (χ0) is 11.7. The number of carbonyl (C=O) groups excluding carboxylic acids is 1. The van der Waals surface area contributed by atoms with Crippen molar-refractivity contribution in [3.05, 3.63) is 12.2 Å². The van der Waals surface area contributed by atoms with Gasteiger partial charge in [0.05, 0.1) is 13.0 Å². The second kappa shape index (κ2) is 8.03. The van der Waals surface area contributed by atoms with Crippen molar-refractivity contribution >= 4 is 11.9 Å². The second-order valence-electron chi connectivity index (χ2n) is 3.23. The molecule has 0 aromatic rings. The van der Waals surface area contributed by atoms with Crippen LogP contribution in [0.4, 0.5) is 0 Å². The highest BCUT2D eigenvalue weighted by molar-refractivity contribution is 5.69. The Morgan fingerprint density at radius 3 is 2.53 bits per heavy atom. The van der Waals surface area contributed by atoms with Gasteiger partial charge in [0.2, 0.25) is 0 Å². The first-order chi connectivity index (χ1) is 7.10. The maximum absolute atomic E-state index is 10.9. The van der Waals surface area contributed by atoms with Crippen LogP contribution < -0.4 is 0 Å². The van der Waals surface area contributed by atoms with Crippen LogP contribution in [-0.4, -0.2) is 23.7 Å². The molecule has 0 aliphatic carbocycles. The summed E-state index contributed by atoms with van der Waals surface area (Å²) in [6, 6.07) is 0. The normalized spacial score (nSPS) is 12.7. The van der Waals surface area contributed by atoms with E-state index >= 15 is 0 Å². The highest BCUT2D eigenvalue weighted by Crippen LogP contribution is 2.07. The largest absolute Gasteiger partial charge is 0.481 e. The quantitative estimate of drug-likeness (QED) is 0.520. The first kappa shape index (κ1) is 13.7. The molecule has 0 bridgehead atoms. The van der Waals surface area contributed by atoms with Crippen LogP contribution in [0, 0.1) is 5.92 Å². The Kier molecular flexibility index (Phi) is 7.32. The van der Waals surface area contributed by atoms with Gasteiger partial charge in [0.1, 0.15) is 0 Å². The van der Waals surface area contributed by atoms with E-state index in [4.69, 9.17) is 9.84 Å². The molecule has 1 unspecified atom stereocenters. The van der Waals surface area contributed by atoms with Gasteiger partial charge in [0.15, 0.2) is 0 Å². The van der Waals surface area contributed by atoms with Gasteiger partial charge in [-0.2, -0.15) is 0 Å². The predicted molar refractivity (Wildman–Crippen MR) is 56.4 cm³/mol. The van der Waals surface area contributed by atoms with Gasteiger partial charge < -0.3 is 9.84 Å². The van der Waals surface area contributed by atoms with E-state index in [-0.39, 0.29) is 24.9 Å². The summed E-state index contributed by atoms with van der Waals surface area (Å²) < 4.78 is 4.90. The van der Waals surface area contributed by atoms with Crippen molar-refractivity contribution in [1.29, 1.82) is 0 Å². The van der Waals surface area contributed by atoms with Gasteiger partial charge in [-0.25, -0.2) is 0 Å². The number of hydrogen-bond acceptors (Lipinski definition) is 3. The Morgan fingerprint density at radius 2 is 2.07 bits per heavy atom. The summed E-state index contributed by atoms with van der Waals surface area (Å²) >= 11 is 0. The SMILES string of the molecule is CCC=CC(COC(=O)CC)CC(=O)O. The monoisotopic (exact) mass is 214 g/mol. The van der Waals surface area contributed by atoms with Crippen LogP contribution >= 0.6 is 0 Å². The summed E-state index contributed by atoms with van der Waals surface area (Å²) in [5, 5.41) is 8.63. The van der Waals surface area contributed by atoms with Gasteiger partial charge in [0.25, 0.3) is 0 Å². The number of hydrogen-bond donors (Lipinski definition) is 1. The molecule has 4 heteroatoms. The van der Waals surface area contributed by atoms with E-state index in [1.54, 1.807) is 13.0 Å². The fraction of sp³-hybridized carbons (Fsp3) is 0.636. The maximum Gasteiger partial charge on any atom is 0.305 e. The number of carboxylic acid groups (broad SMARTS) is 1. The van der Waals surface area contributed by atoms with E-state index in [9.17, 15) is 9.59 Å². The van der Waals surface area contributed by atoms with Crippen LogP contribution in [0.25, 0.3) is 0 Å². The number of ether oxygens (including phenoxy) is 1. The number of allylic oxidation sites excluding steroid dienone is 1. The van der Waals surface area contributed by atoms with Gasteiger partial charge in [-0.05, 0) is 6.42 Å². The van der Waals surface area contributed by atoms with Crippen molar-refractivity contribution in [1.82, 2.24) is 0 Å². The first-order valence-electron chi connectivity index (χ1n) is 5.14. The number of carboxylic acids is 1. The van der Waals surface area contributed by atoms with Crippen molar-refractivity contribution in [3.8, 4) is 0 Å². The van der Waals surface area contributed by atoms with Crippen molar-refractivity contribution < 1.29 is 19.4 Å². The molecule has 0 fully saturated rings. The van der Waals surface area contributed by atoms with Gasteiger partial charge in [-0.1, -0.05) is 26.0 Å². The summed E-state index contributed by atoms with van der Waals surface area (Å²) in [6.45, 7) is 3.82. The molecule has 1 N–H and O–H groups in total. The molecule has 0 heterocycles. The number of carbonyl (C=O) groups is 2. The van der Waals surface area contributed by atoms with Gasteiger partial charge in [0, 0.05) is 12.3 Å². The predicted octanol–water partition coefficient (Wildman–Crippen LogP) is 2.00. The van der Waals surface area contributed by atoms with E-state index in [0.29, 0.717) is 6.42 Å². The zero-order valence-corrected chi connectivity index (χ0v) is 9.23. The van der Waals surface area contributed by atoms with Crippen molar-refractivity contribution in [2.24, 2.45) is 5.92 Å². The van der Waals surface area contributed by atoms with E-state index in [1.807, 2.05) is 13.0 Å². The van der Waals surface area contributed by atoms with E-state index in [2.05, 4.69) is 0 Å². The van der Waals surface area contributed by atoms with Crippen LogP contribution in [0.3, 0.4) is 0 Å². The molecular formula is C11H18O4. The Hall–Kier alpha value is -1.32. The fourth-order valence-corrected chi connectivity index (χ4v) is 1.04. The Bertz CT molecular complexity index is 233. The molecule has 0 aliphatic heterocycles. The third kappa shape index (κ3) is 7.73. The number of esters is 1. The lowest BCUT2D eigenvalue weighted by atomic mass is 10.1. The molecule has 0 amide bonds. The standard InChI is InChI=1S/C11H18O4/c1-3-5-6-9(7-10(12)13)8-15-11(14)4-2/h5-6,9H,3-4,7-8H2,1-2H3,(H,12,13). The van der Waals surface area contributed by atoms with E-state index in [0.717, 1.165) is 6.42 Å². The molecular weight excluding hydrogens is 196 g/mol. The number of rotatable bonds is 7. The van der Waals surface area contributed by atoms with E-state index in [1.165, 1.54) is 0 Å². The molecule has 0 saturated heterocycles. The molecule has 0 aromatic carbocycles. The molecule has 0 spiro atoms. The van der Waals surface area contributed by atoms with Crippen LogP contribution in [0.1, 0.15) is 33.1 Å². The van der Waals surface area contributed by atoms with Crippen LogP contribution in [0.2, 0.25) is 0 Å². The second-order valence-corrected chi connectivity index (χ2v) is 3.23.